The number of rotatable bonds is 2. The van der Waals surface area contributed by atoms with Crippen LogP contribution in [0.4, 0.5) is 0 Å². The zero-order valence-electron chi connectivity index (χ0n) is 5.06. The molecule has 0 aromatic heterocycles. The molecule has 0 aromatic carbocycles. The van der Waals surface area contributed by atoms with Crippen LogP contribution in [0.25, 0.3) is 0 Å². The minimum Gasteiger partial charge on any atom is -0.425 e. The first-order valence-electron chi connectivity index (χ1n) is 2.15. The van der Waals surface area contributed by atoms with Crippen LogP contribution in [0, 0.1) is 13.8 Å². The van der Waals surface area contributed by atoms with Crippen LogP contribution in [-0.2, 0) is 37.1 Å². The molecule has 2 unspecified atom stereocenters. The van der Waals surface area contributed by atoms with E-state index in [9.17, 15) is 0 Å². The van der Waals surface area contributed by atoms with Crippen LogP contribution < -0.4 is 0 Å². The monoisotopic (exact) mass is 204 g/mol. The van der Waals surface area contributed by atoms with E-state index in [-0.39, 0.29) is 43.5 Å². The maximum absolute atomic E-state index is 8.41. The minimum atomic E-state index is -0.688. The van der Waals surface area contributed by atoms with E-state index < -0.39 is 12.2 Å². The summed E-state index contributed by atoms with van der Waals surface area (Å²) in [4.78, 5) is 0. The fourth-order valence-electron chi connectivity index (χ4n) is 0.314. The predicted octanol–water partition coefficient (Wildman–Crippen LogP) is -0.239. The third-order valence-corrected chi connectivity index (χ3v) is 0.544. The van der Waals surface area contributed by atoms with Gasteiger partial charge in [0.1, 0.15) is 0 Å². The van der Waals surface area contributed by atoms with Crippen LogP contribution in [0.15, 0.2) is 0 Å². The van der Waals surface area contributed by atoms with Gasteiger partial charge in [-0.15, -0.1) is 0 Å². The van der Waals surface area contributed by atoms with Gasteiger partial charge >= 0.3 is 0 Å². The molecule has 0 saturated heterocycles. The van der Waals surface area contributed by atoms with Crippen molar-refractivity contribution < 1.29 is 47.3 Å². The van der Waals surface area contributed by atoms with Crippen molar-refractivity contribution in [2.24, 2.45) is 0 Å². The van der Waals surface area contributed by atoms with Crippen LogP contribution in [0.1, 0.15) is 6.42 Å². The van der Waals surface area contributed by atoms with Gasteiger partial charge in [0.25, 0.3) is 0 Å². The SMILES string of the molecule is [CH2-]C(O)CC([CH2-])O.[V].[V]. The van der Waals surface area contributed by atoms with E-state index in [1.54, 1.807) is 0 Å². The minimum absolute atomic E-state index is 0. The first kappa shape index (κ1) is 16.6. The van der Waals surface area contributed by atoms with Gasteiger partial charge in [0.2, 0.25) is 0 Å². The van der Waals surface area contributed by atoms with Gasteiger partial charge in [-0.1, -0.05) is 18.6 Å². The van der Waals surface area contributed by atoms with Crippen molar-refractivity contribution in [2.75, 3.05) is 0 Å². The van der Waals surface area contributed by atoms with Crippen LogP contribution in [0.2, 0.25) is 0 Å². The van der Waals surface area contributed by atoms with Gasteiger partial charge in [0.15, 0.2) is 0 Å². The molecule has 0 fully saturated rings. The van der Waals surface area contributed by atoms with Crippen molar-refractivity contribution in [2.45, 2.75) is 18.6 Å². The Morgan fingerprint density at radius 1 is 1.00 bits per heavy atom. The predicted molar refractivity (Wildman–Crippen MR) is 27.3 cm³/mol. The van der Waals surface area contributed by atoms with Gasteiger partial charge in [0, 0.05) is 37.1 Å². The quantitative estimate of drug-likeness (QED) is 0.609. The van der Waals surface area contributed by atoms with Gasteiger partial charge in [-0.2, -0.15) is 0 Å². The Bertz CT molecular complexity index is 42.2. The van der Waals surface area contributed by atoms with E-state index in [4.69, 9.17) is 10.2 Å². The van der Waals surface area contributed by atoms with Crippen LogP contribution in [0.3, 0.4) is 0 Å². The number of aliphatic hydroxyl groups is 2. The molecule has 54 valence electrons. The van der Waals surface area contributed by atoms with Crippen molar-refractivity contribution >= 4 is 0 Å². The van der Waals surface area contributed by atoms with Crippen LogP contribution in [0.5, 0.6) is 0 Å². The zero-order valence-corrected chi connectivity index (χ0v) is 7.86. The second-order valence-electron chi connectivity index (χ2n) is 1.54. The van der Waals surface area contributed by atoms with E-state index in [1.807, 2.05) is 0 Å². The summed E-state index contributed by atoms with van der Waals surface area (Å²) in [6.45, 7) is 6.47. The fourth-order valence-corrected chi connectivity index (χ4v) is 0.314. The van der Waals surface area contributed by atoms with Crippen LogP contribution in [-0.4, -0.2) is 22.4 Å². The molecule has 0 amide bonds. The summed E-state index contributed by atoms with van der Waals surface area (Å²) in [6.07, 6.45) is -1.13. The maximum Gasteiger partial charge on any atom is 0 e. The average Bonchev–Trinajstić information content (AvgIpc) is 1.27. The third kappa shape index (κ3) is 17.6. The van der Waals surface area contributed by atoms with E-state index >= 15 is 0 Å². The van der Waals surface area contributed by atoms with Crippen molar-refractivity contribution in [3.63, 3.8) is 0 Å². The summed E-state index contributed by atoms with van der Waals surface area (Å²) in [5.41, 5.74) is 0. The van der Waals surface area contributed by atoms with Crippen molar-refractivity contribution in [1.29, 1.82) is 0 Å². The van der Waals surface area contributed by atoms with Gasteiger partial charge < -0.3 is 24.1 Å². The standard InChI is InChI=1S/C5H10O2.2V/c1-4(6)3-5(2)7;;/h4-7H,1-3H2;;/q-2;;. The second-order valence-corrected chi connectivity index (χ2v) is 1.54. The molecule has 0 heterocycles. The van der Waals surface area contributed by atoms with E-state index in [1.165, 1.54) is 0 Å². The van der Waals surface area contributed by atoms with Gasteiger partial charge in [-0.3, -0.25) is 0 Å². The normalized spacial score (nSPS) is 14.7. The summed E-state index contributed by atoms with van der Waals surface area (Å²) in [5, 5.41) is 16.8. The molecule has 4 heteroatoms. The first-order valence-corrected chi connectivity index (χ1v) is 2.15. The molecule has 0 bridgehead atoms. The molecule has 0 spiro atoms. The van der Waals surface area contributed by atoms with Gasteiger partial charge in [-0.05, 0) is 0 Å². The molecule has 0 rings (SSSR count). The Balaban J connectivity index is -0.000000180. The molecule has 0 aliphatic heterocycles. The molecule has 2 nitrogen and oxygen atoms in total. The second kappa shape index (κ2) is 9.09. The van der Waals surface area contributed by atoms with Crippen molar-refractivity contribution in [3.05, 3.63) is 13.8 Å². The summed E-state index contributed by atoms with van der Waals surface area (Å²) >= 11 is 0. The molecule has 0 aliphatic rings. The summed E-state index contributed by atoms with van der Waals surface area (Å²) in [6, 6.07) is 0. The molecule has 0 aliphatic carbocycles. The molecule has 2 N–H and O–H groups in total. The van der Waals surface area contributed by atoms with E-state index in [0.29, 0.717) is 0 Å². The number of hydrogen-bond donors (Lipinski definition) is 2. The average molecular weight is 204 g/mol. The molecular weight excluding hydrogens is 194 g/mol. The molecular formula is C5H10O2V2-2. The summed E-state index contributed by atoms with van der Waals surface area (Å²) in [7, 11) is 0. The summed E-state index contributed by atoms with van der Waals surface area (Å²) < 4.78 is 0. The zero-order chi connectivity index (χ0) is 5.86. The third-order valence-electron chi connectivity index (χ3n) is 0.544. The Morgan fingerprint density at radius 2 is 1.22 bits per heavy atom. The number of hydrogen-bond acceptors (Lipinski definition) is 2. The largest absolute Gasteiger partial charge is 0.425 e. The molecule has 0 saturated carbocycles. The molecule has 9 heavy (non-hydrogen) atoms. The Hall–Kier alpha value is 1.09. The smallest absolute Gasteiger partial charge is 0 e. The number of aliphatic hydroxyl groups excluding tert-OH is 2. The Kier molecular flexibility index (Phi) is 16.7. The van der Waals surface area contributed by atoms with Crippen LogP contribution >= 0.6 is 0 Å². The Morgan fingerprint density at radius 3 is 1.22 bits per heavy atom. The van der Waals surface area contributed by atoms with E-state index in [2.05, 4.69) is 13.8 Å². The molecule has 2 atom stereocenters. The summed E-state index contributed by atoms with van der Waals surface area (Å²) in [5.74, 6) is 0. The van der Waals surface area contributed by atoms with Gasteiger partial charge in [-0.25, -0.2) is 0 Å². The fraction of sp³-hybridized carbons (Fsp3) is 0.600. The Labute approximate surface area is 79.8 Å². The van der Waals surface area contributed by atoms with Gasteiger partial charge in [0.05, 0.1) is 0 Å². The maximum atomic E-state index is 8.41. The van der Waals surface area contributed by atoms with Crippen molar-refractivity contribution in [1.82, 2.24) is 0 Å². The first-order chi connectivity index (χ1) is 3.13. The van der Waals surface area contributed by atoms with E-state index in [0.717, 1.165) is 0 Å². The molecule has 0 aromatic rings. The topological polar surface area (TPSA) is 40.5 Å². The molecule has 2 radical (unpaired) electrons. The van der Waals surface area contributed by atoms with Crippen molar-refractivity contribution in [3.8, 4) is 0 Å².